The second-order valence-corrected chi connectivity index (χ2v) is 7.15. The van der Waals surface area contributed by atoms with Crippen LogP contribution in [0.15, 0.2) is 18.2 Å². The Hall–Kier alpha value is -2.02. The van der Waals surface area contributed by atoms with Crippen molar-refractivity contribution in [1.29, 1.82) is 0 Å². The lowest BCUT2D eigenvalue weighted by atomic mass is 10.3. The van der Waals surface area contributed by atoms with Crippen LogP contribution >= 0.6 is 11.3 Å². The summed E-state index contributed by atoms with van der Waals surface area (Å²) in [7, 11) is 0. The number of hydrogen-bond acceptors (Lipinski definition) is 5. The average molecular weight is 348 g/mol. The molecular formula is C17H24N4O2S. The number of nitrogens with one attached hydrogen (secondary N) is 1. The van der Waals surface area contributed by atoms with Crippen LogP contribution in [0.2, 0.25) is 0 Å². The summed E-state index contributed by atoms with van der Waals surface area (Å²) in [6.07, 6.45) is 0. The van der Waals surface area contributed by atoms with E-state index in [4.69, 9.17) is 9.72 Å². The lowest BCUT2D eigenvalue weighted by Gasteiger charge is -2.34. The summed E-state index contributed by atoms with van der Waals surface area (Å²) < 4.78 is 6.69. The molecule has 1 saturated heterocycles. The van der Waals surface area contributed by atoms with Gasteiger partial charge in [-0.05, 0) is 39.0 Å². The van der Waals surface area contributed by atoms with Crippen molar-refractivity contribution in [2.75, 3.05) is 37.7 Å². The third kappa shape index (κ3) is 3.72. The molecule has 2 aromatic rings. The Kier molecular flexibility index (Phi) is 5.08. The first-order valence-electron chi connectivity index (χ1n) is 8.40. The minimum atomic E-state index is 0.0234. The molecule has 1 aliphatic rings. The van der Waals surface area contributed by atoms with Gasteiger partial charge in [-0.2, -0.15) is 0 Å². The average Bonchev–Trinajstić information content (AvgIpc) is 2.98. The minimum absolute atomic E-state index is 0.0234. The molecule has 0 unspecified atom stereocenters. The Labute approximate surface area is 146 Å². The molecule has 1 N–H and O–H groups in total. The molecule has 0 bridgehead atoms. The van der Waals surface area contributed by atoms with Crippen LogP contribution in [0.3, 0.4) is 0 Å². The van der Waals surface area contributed by atoms with Crippen LogP contribution in [0, 0.1) is 0 Å². The van der Waals surface area contributed by atoms with Gasteiger partial charge in [-0.25, -0.2) is 9.78 Å². The standard InChI is InChI=1S/C17H24N4O2S/c1-4-23-13-5-6-14-15(11-13)24-17(19-14)21-9-7-20(8-10-21)16(22)18-12(2)3/h5-6,11-12H,4,7-10H2,1-3H3,(H,18,22). The summed E-state index contributed by atoms with van der Waals surface area (Å²) in [6, 6.07) is 6.21. The van der Waals surface area contributed by atoms with Crippen molar-refractivity contribution in [3.05, 3.63) is 18.2 Å². The molecule has 0 aliphatic carbocycles. The lowest BCUT2D eigenvalue weighted by molar-refractivity contribution is 0.192. The van der Waals surface area contributed by atoms with Crippen LogP contribution in [0.5, 0.6) is 5.75 Å². The number of fused-ring (bicyclic) bond motifs is 1. The van der Waals surface area contributed by atoms with Gasteiger partial charge in [0.1, 0.15) is 5.75 Å². The second-order valence-electron chi connectivity index (χ2n) is 6.14. The van der Waals surface area contributed by atoms with E-state index < -0.39 is 0 Å². The van der Waals surface area contributed by atoms with Crippen LogP contribution < -0.4 is 15.0 Å². The van der Waals surface area contributed by atoms with Crippen LogP contribution in [0.25, 0.3) is 10.2 Å². The number of rotatable bonds is 4. The van der Waals surface area contributed by atoms with Crippen LogP contribution in [0.1, 0.15) is 20.8 Å². The van der Waals surface area contributed by atoms with Crippen LogP contribution in [-0.4, -0.2) is 54.7 Å². The van der Waals surface area contributed by atoms with Crippen LogP contribution in [-0.2, 0) is 0 Å². The van der Waals surface area contributed by atoms with Gasteiger partial charge in [-0.1, -0.05) is 11.3 Å². The second kappa shape index (κ2) is 7.25. The van der Waals surface area contributed by atoms with E-state index in [0.717, 1.165) is 47.3 Å². The van der Waals surface area contributed by atoms with E-state index in [0.29, 0.717) is 6.61 Å². The lowest BCUT2D eigenvalue weighted by Crippen LogP contribution is -2.52. The maximum atomic E-state index is 12.1. The van der Waals surface area contributed by atoms with Gasteiger partial charge in [0.25, 0.3) is 0 Å². The van der Waals surface area contributed by atoms with Gasteiger partial charge in [0.2, 0.25) is 0 Å². The molecule has 0 spiro atoms. The summed E-state index contributed by atoms with van der Waals surface area (Å²) in [5, 5.41) is 3.96. The van der Waals surface area contributed by atoms with Gasteiger partial charge in [-0.3, -0.25) is 0 Å². The zero-order valence-electron chi connectivity index (χ0n) is 14.4. The predicted molar refractivity (Wildman–Crippen MR) is 98.2 cm³/mol. The third-order valence-corrected chi connectivity index (χ3v) is 4.99. The SMILES string of the molecule is CCOc1ccc2nc(N3CCN(C(=O)NC(C)C)CC3)sc2c1. The molecule has 0 atom stereocenters. The molecule has 1 aliphatic heterocycles. The van der Waals surface area contributed by atoms with Crippen molar-refractivity contribution in [2.24, 2.45) is 0 Å². The molecule has 1 aromatic heterocycles. The summed E-state index contributed by atoms with van der Waals surface area (Å²) in [5.74, 6) is 0.885. The quantitative estimate of drug-likeness (QED) is 0.923. The number of benzene rings is 1. The summed E-state index contributed by atoms with van der Waals surface area (Å²) in [5.41, 5.74) is 0.999. The smallest absolute Gasteiger partial charge is 0.317 e. The van der Waals surface area contributed by atoms with Crippen molar-refractivity contribution in [3.8, 4) is 5.75 Å². The first-order chi connectivity index (χ1) is 11.6. The van der Waals surface area contributed by atoms with Gasteiger partial charge < -0.3 is 19.9 Å². The number of aromatic nitrogens is 1. The molecule has 0 radical (unpaired) electrons. The number of urea groups is 1. The molecule has 0 saturated carbocycles. The van der Waals surface area contributed by atoms with Crippen molar-refractivity contribution < 1.29 is 9.53 Å². The molecule has 6 nitrogen and oxygen atoms in total. The highest BCUT2D eigenvalue weighted by atomic mass is 32.1. The Morgan fingerprint density at radius 2 is 2.08 bits per heavy atom. The van der Waals surface area contributed by atoms with E-state index in [1.54, 1.807) is 11.3 Å². The summed E-state index contributed by atoms with van der Waals surface area (Å²) in [6.45, 7) is 9.66. The molecule has 130 valence electrons. The minimum Gasteiger partial charge on any atom is -0.494 e. The fourth-order valence-electron chi connectivity index (χ4n) is 2.72. The Bertz CT molecular complexity index is 708. The fraction of sp³-hybridized carbons (Fsp3) is 0.529. The molecule has 2 amide bonds. The maximum absolute atomic E-state index is 12.1. The number of thiazole rings is 1. The number of amides is 2. The van der Waals surface area contributed by atoms with E-state index in [2.05, 4.69) is 10.2 Å². The molecule has 2 heterocycles. The Balaban J connectivity index is 1.66. The van der Waals surface area contributed by atoms with Gasteiger partial charge in [-0.15, -0.1) is 0 Å². The molecule has 1 aromatic carbocycles. The fourth-order valence-corrected chi connectivity index (χ4v) is 3.77. The van der Waals surface area contributed by atoms with Gasteiger partial charge in [0.15, 0.2) is 5.13 Å². The highest BCUT2D eigenvalue weighted by Crippen LogP contribution is 2.31. The van der Waals surface area contributed by atoms with Gasteiger partial charge in [0.05, 0.1) is 16.8 Å². The number of carbonyl (C=O) groups is 1. The Morgan fingerprint density at radius 1 is 1.33 bits per heavy atom. The first-order valence-corrected chi connectivity index (χ1v) is 9.22. The largest absolute Gasteiger partial charge is 0.494 e. The van der Waals surface area contributed by atoms with Crippen LogP contribution in [0.4, 0.5) is 9.93 Å². The van der Waals surface area contributed by atoms with Gasteiger partial charge in [0, 0.05) is 32.2 Å². The number of piperazine rings is 1. The summed E-state index contributed by atoms with van der Waals surface area (Å²) in [4.78, 5) is 20.9. The molecule has 7 heteroatoms. The number of ether oxygens (including phenoxy) is 1. The highest BCUT2D eigenvalue weighted by molar-refractivity contribution is 7.22. The third-order valence-electron chi connectivity index (χ3n) is 3.91. The highest BCUT2D eigenvalue weighted by Gasteiger charge is 2.23. The topological polar surface area (TPSA) is 57.7 Å². The van der Waals surface area contributed by atoms with Gasteiger partial charge >= 0.3 is 6.03 Å². The van der Waals surface area contributed by atoms with E-state index in [1.165, 1.54) is 0 Å². The number of anilines is 1. The Morgan fingerprint density at radius 3 is 2.75 bits per heavy atom. The zero-order chi connectivity index (χ0) is 17.1. The molecule has 3 rings (SSSR count). The number of nitrogens with zero attached hydrogens (tertiary/aromatic N) is 3. The maximum Gasteiger partial charge on any atom is 0.317 e. The molecular weight excluding hydrogens is 324 g/mol. The van der Waals surface area contributed by atoms with Crippen molar-refractivity contribution in [2.45, 2.75) is 26.8 Å². The number of carbonyl (C=O) groups excluding carboxylic acids is 1. The van der Waals surface area contributed by atoms with Crippen molar-refractivity contribution >= 4 is 32.7 Å². The summed E-state index contributed by atoms with van der Waals surface area (Å²) >= 11 is 1.68. The molecule has 1 fully saturated rings. The van der Waals surface area contributed by atoms with Crippen molar-refractivity contribution in [1.82, 2.24) is 15.2 Å². The van der Waals surface area contributed by atoms with E-state index in [-0.39, 0.29) is 12.1 Å². The normalized spacial score (nSPS) is 15.2. The van der Waals surface area contributed by atoms with E-state index in [9.17, 15) is 4.79 Å². The number of hydrogen-bond donors (Lipinski definition) is 1. The molecule has 24 heavy (non-hydrogen) atoms. The zero-order valence-corrected chi connectivity index (χ0v) is 15.2. The van der Waals surface area contributed by atoms with E-state index in [1.807, 2.05) is 43.9 Å². The monoisotopic (exact) mass is 348 g/mol. The first kappa shape index (κ1) is 16.8. The predicted octanol–water partition coefficient (Wildman–Crippen LogP) is 2.94. The van der Waals surface area contributed by atoms with Crippen molar-refractivity contribution in [3.63, 3.8) is 0 Å². The van der Waals surface area contributed by atoms with E-state index >= 15 is 0 Å².